The molecule has 3 nitrogen and oxygen atoms in total. The molecule has 0 aliphatic carbocycles. The molecular weight excluding hydrogens is 293 g/mol. The Hall–Kier alpha value is -2.36. The van der Waals surface area contributed by atoms with Gasteiger partial charge in [-0.15, -0.1) is 0 Å². The first kappa shape index (κ1) is 15.5. The Morgan fingerprint density at radius 2 is 1.87 bits per heavy atom. The fourth-order valence-corrected chi connectivity index (χ4v) is 3.04. The highest BCUT2D eigenvalue weighted by Crippen LogP contribution is 2.35. The van der Waals surface area contributed by atoms with Crippen LogP contribution >= 0.6 is 0 Å². The number of nitrogens with zero attached hydrogens (tertiary/aromatic N) is 1. The lowest BCUT2D eigenvalue weighted by molar-refractivity contribution is 0.0660. The van der Waals surface area contributed by atoms with Crippen molar-refractivity contribution in [1.29, 1.82) is 0 Å². The zero-order valence-corrected chi connectivity index (χ0v) is 13.3. The number of carbonyl (C=O) groups is 1. The van der Waals surface area contributed by atoms with E-state index in [1.807, 2.05) is 32.0 Å². The number of hydrogen-bond donors (Lipinski definition) is 0. The number of hydrogen-bond acceptors (Lipinski definition) is 2. The van der Waals surface area contributed by atoms with E-state index in [0.717, 1.165) is 17.5 Å². The molecule has 1 atom stereocenters. The van der Waals surface area contributed by atoms with Crippen LogP contribution in [0.5, 0.6) is 0 Å². The molecule has 2 aromatic rings. The second-order valence-corrected chi connectivity index (χ2v) is 6.03. The fraction of sp³-hybridized carbons (Fsp3) is 0.316. The molecule has 1 aliphatic rings. The van der Waals surface area contributed by atoms with Crippen molar-refractivity contribution < 1.29 is 13.9 Å². The lowest BCUT2D eigenvalue weighted by Gasteiger charge is -2.37. The Morgan fingerprint density at radius 1 is 1.17 bits per heavy atom. The summed E-state index contributed by atoms with van der Waals surface area (Å²) >= 11 is 0. The molecule has 0 fully saturated rings. The van der Waals surface area contributed by atoms with Crippen molar-refractivity contribution in [1.82, 2.24) is 4.90 Å². The predicted octanol–water partition coefficient (Wildman–Crippen LogP) is 4.32. The van der Waals surface area contributed by atoms with Crippen molar-refractivity contribution in [2.45, 2.75) is 32.4 Å². The molecule has 2 aromatic carbocycles. The van der Waals surface area contributed by atoms with Gasteiger partial charge in [0.15, 0.2) is 0 Å². The number of rotatable bonds is 2. The summed E-state index contributed by atoms with van der Waals surface area (Å²) in [6.07, 6.45) is 0.290. The van der Waals surface area contributed by atoms with Crippen molar-refractivity contribution in [2.75, 3.05) is 6.54 Å². The minimum atomic E-state index is -0.330. The molecule has 0 saturated carbocycles. The van der Waals surface area contributed by atoms with Crippen LogP contribution < -0.4 is 0 Å². The second kappa shape index (κ2) is 6.41. The molecule has 3 rings (SSSR count). The van der Waals surface area contributed by atoms with E-state index >= 15 is 0 Å². The summed E-state index contributed by atoms with van der Waals surface area (Å²) in [5.41, 5.74) is 3.18. The van der Waals surface area contributed by atoms with E-state index in [4.69, 9.17) is 4.74 Å². The van der Waals surface area contributed by atoms with Crippen molar-refractivity contribution in [3.05, 3.63) is 71.0 Å². The van der Waals surface area contributed by atoms with Gasteiger partial charge < -0.3 is 4.74 Å². The first-order valence-electron chi connectivity index (χ1n) is 7.87. The van der Waals surface area contributed by atoms with Gasteiger partial charge >= 0.3 is 6.09 Å². The molecule has 0 bridgehead atoms. The van der Waals surface area contributed by atoms with Crippen LogP contribution in [0.3, 0.4) is 0 Å². The van der Waals surface area contributed by atoms with Gasteiger partial charge in [-0.25, -0.2) is 9.18 Å². The summed E-state index contributed by atoms with van der Waals surface area (Å²) in [7, 11) is 0. The largest absolute Gasteiger partial charge is 0.447 e. The van der Waals surface area contributed by atoms with Crippen LogP contribution in [-0.4, -0.2) is 23.6 Å². The van der Waals surface area contributed by atoms with Gasteiger partial charge in [-0.2, -0.15) is 0 Å². The molecule has 1 aliphatic heterocycles. The Kier molecular flexibility index (Phi) is 4.33. The molecule has 0 aromatic heterocycles. The number of carbonyl (C=O) groups excluding carboxylic acids is 1. The number of fused-ring (bicyclic) bond motifs is 1. The highest BCUT2D eigenvalue weighted by atomic mass is 19.1. The first-order valence-corrected chi connectivity index (χ1v) is 7.87. The third-order valence-corrected chi connectivity index (χ3v) is 4.04. The van der Waals surface area contributed by atoms with Crippen molar-refractivity contribution in [3.8, 4) is 0 Å². The van der Waals surface area contributed by atoms with Crippen LogP contribution in [0.15, 0.2) is 48.5 Å². The minimum Gasteiger partial charge on any atom is -0.447 e. The quantitative estimate of drug-likeness (QED) is 0.826. The third-order valence-electron chi connectivity index (χ3n) is 4.04. The van der Waals surface area contributed by atoms with Gasteiger partial charge in [0.2, 0.25) is 0 Å². The van der Waals surface area contributed by atoms with Crippen molar-refractivity contribution >= 4 is 6.09 Å². The van der Waals surface area contributed by atoms with Gasteiger partial charge in [-0.05, 0) is 49.1 Å². The molecular formula is C19H20FNO2. The molecule has 0 N–H and O–H groups in total. The standard InChI is InChI=1S/C19H20FNO2/c1-13(2)23-19(22)21-12-11-14-5-3-4-6-17(14)18(21)15-7-9-16(20)10-8-15/h3-10,13,18H,11-12H2,1-2H3/t18-/m0/s1. The topological polar surface area (TPSA) is 29.5 Å². The second-order valence-electron chi connectivity index (χ2n) is 6.03. The Bertz CT molecular complexity index is 697. The van der Waals surface area contributed by atoms with E-state index in [0.29, 0.717) is 6.54 Å². The predicted molar refractivity (Wildman–Crippen MR) is 86.7 cm³/mol. The number of benzene rings is 2. The smallest absolute Gasteiger partial charge is 0.410 e. The van der Waals surface area contributed by atoms with E-state index in [9.17, 15) is 9.18 Å². The first-order chi connectivity index (χ1) is 11.1. The van der Waals surface area contributed by atoms with Gasteiger partial charge in [0, 0.05) is 6.54 Å². The average Bonchev–Trinajstić information content (AvgIpc) is 2.54. The van der Waals surface area contributed by atoms with E-state index in [1.54, 1.807) is 17.0 Å². The zero-order chi connectivity index (χ0) is 16.4. The molecule has 23 heavy (non-hydrogen) atoms. The molecule has 4 heteroatoms. The molecule has 120 valence electrons. The summed E-state index contributed by atoms with van der Waals surface area (Å²) in [4.78, 5) is 14.2. The van der Waals surface area contributed by atoms with E-state index in [-0.39, 0.29) is 24.1 Å². The summed E-state index contributed by atoms with van der Waals surface area (Å²) in [6, 6.07) is 14.2. The maximum absolute atomic E-state index is 13.3. The SMILES string of the molecule is CC(C)OC(=O)N1CCc2ccccc2[C@@H]1c1ccc(F)cc1. The molecule has 0 radical (unpaired) electrons. The molecule has 0 spiro atoms. The third kappa shape index (κ3) is 3.21. The monoisotopic (exact) mass is 313 g/mol. The van der Waals surface area contributed by atoms with Crippen LogP contribution in [0.2, 0.25) is 0 Å². The van der Waals surface area contributed by atoms with Gasteiger partial charge in [-0.3, -0.25) is 4.90 Å². The molecule has 1 heterocycles. The number of ether oxygens (including phenoxy) is 1. The van der Waals surface area contributed by atoms with Gasteiger partial charge in [0.05, 0.1) is 12.1 Å². The van der Waals surface area contributed by atoms with Crippen LogP contribution in [-0.2, 0) is 11.2 Å². The lowest BCUT2D eigenvalue weighted by Crippen LogP contribution is -2.41. The zero-order valence-electron chi connectivity index (χ0n) is 13.3. The summed E-state index contributed by atoms with van der Waals surface area (Å²) in [6.45, 7) is 4.26. The van der Waals surface area contributed by atoms with Crippen LogP contribution in [0.4, 0.5) is 9.18 Å². The van der Waals surface area contributed by atoms with Crippen molar-refractivity contribution in [3.63, 3.8) is 0 Å². The van der Waals surface area contributed by atoms with Crippen LogP contribution in [0, 0.1) is 5.82 Å². The Balaban J connectivity index is 2.03. The lowest BCUT2D eigenvalue weighted by atomic mass is 9.88. The highest BCUT2D eigenvalue weighted by molar-refractivity contribution is 5.70. The maximum atomic E-state index is 13.3. The van der Waals surface area contributed by atoms with E-state index in [2.05, 4.69) is 6.07 Å². The molecule has 0 unspecified atom stereocenters. The van der Waals surface area contributed by atoms with Gasteiger partial charge in [0.1, 0.15) is 5.82 Å². The Labute approximate surface area is 135 Å². The van der Waals surface area contributed by atoms with Gasteiger partial charge in [-0.1, -0.05) is 36.4 Å². The molecule has 0 saturated heterocycles. The average molecular weight is 313 g/mol. The van der Waals surface area contributed by atoms with Crippen molar-refractivity contribution in [2.24, 2.45) is 0 Å². The van der Waals surface area contributed by atoms with Crippen LogP contribution in [0.25, 0.3) is 0 Å². The summed E-state index contributed by atoms with van der Waals surface area (Å²) < 4.78 is 18.7. The normalized spacial score (nSPS) is 17.0. The van der Waals surface area contributed by atoms with Gasteiger partial charge in [0.25, 0.3) is 0 Å². The fourth-order valence-electron chi connectivity index (χ4n) is 3.04. The molecule has 1 amide bonds. The summed E-state index contributed by atoms with van der Waals surface area (Å²) in [5.74, 6) is -0.283. The van der Waals surface area contributed by atoms with E-state index in [1.165, 1.54) is 17.7 Å². The minimum absolute atomic E-state index is 0.173. The number of amides is 1. The highest BCUT2D eigenvalue weighted by Gasteiger charge is 2.33. The maximum Gasteiger partial charge on any atom is 0.410 e. The Morgan fingerprint density at radius 3 is 2.57 bits per heavy atom. The van der Waals surface area contributed by atoms with E-state index < -0.39 is 0 Å². The summed E-state index contributed by atoms with van der Waals surface area (Å²) in [5, 5.41) is 0. The number of halogens is 1. The van der Waals surface area contributed by atoms with Crippen LogP contribution in [0.1, 0.15) is 36.6 Å².